The number of allylic oxidation sites excluding steroid dienone is 2. The van der Waals surface area contributed by atoms with Crippen molar-refractivity contribution in [2.75, 3.05) is 6.54 Å². The molecule has 40 heavy (non-hydrogen) atoms. The molecule has 0 rings (SSSR count). The lowest BCUT2D eigenvalue weighted by atomic mass is 9.87. The molecule has 0 spiro atoms. The van der Waals surface area contributed by atoms with Crippen LogP contribution in [0.25, 0.3) is 0 Å². The summed E-state index contributed by atoms with van der Waals surface area (Å²) < 4.78 is 0. The van der Waals surface area contributed by atoms with E-state index in [-0.39, 0.29) is 0 Å². The lowest BCUT2D eigenvalue weighted by molar-refractivity contribution is 0.396. The quantitative estimate of drug-likeness (QED) is 0.0610. The molecule has 1 N–H and O–H groups in total. The van der Waals surface area contributed by atoms with Crippen molar-refractivity contribution >= 4 is 0 Å². The first-order valence-corrected chi connectivity index (χ1v) is 18.7. The van der Waals surface area contributed by atoms with Gasteiger partial charge in [-0.3, -0.25) is 0 Å². The van der Waals surface area contributed by atoms with E-state index in [0.29, 0.717) is 0 Å². The summed E-state index contributed by atoms with van der Waals surface area (Å²) in [6.45, 7) is 16.8. The number of unbranched alkanes of at least 4 members (excludes halogenated alkanes) is 21. The predicted octanol–water partition coefficient (Wildman–Crippen LogP) is 14.0. The lowest BCUT2D eigenvalue weighted by Gasteiger charge is -2.19. The van der Waals surface area contributed by atoms with Crippen molar-refractivity contribution in [1.82, 2.24) is 5.32 Å². The van der Waals surface area contributed by atoms with Gasteiger partial charge in [-0.1, -0.05) is 194 Å². The van der Waals surface area contributed by atoms with Gasteiger partial charge in [0.15, 0.2) is 0 Å². The fourth-order valence-electron chi connectivity index (χ4n) is 6.14. The molecule has 0 aromatic heterocycles. The highest BCUT2D eigenvalue weighted by Crippen LogP contribution is 2.27. The number of hydrogen-bond acceptors (Lipinski definition) is 1. The van der Waals surface area contributed by atoms with E-state index in [0.717, 1.165) is 18.9 Å². The van der Waals surface area contributed by atoms with Crippen LogP contribution in [0.4, 0.5) is 0 Å². The minimum atomic E-state index is 0.898. The highest BCUT2D eigenvalue weighted by molar-refractivity contribution is 4.95. The highest BCUT2D eigenvalue weighted by Gasteiger charge is 2.11. The molecule has 0 amide bonds. The molecule has 0 saturated carbocycles. The van der Waals surface area contributed by atoms with E-state index < -0.39 is 0 Å². The van der Waals surface area contributed by atoms with Crippen molar-refractivity contribution in [3.05, 3.63) is 24.4 Å². The van der Waals surface area contributed by atoms with E-state index >= 15 is 0 Å². The van der Waals surface area contributed by atoms with Crippen LogP contribution in [-0.4, -0.2) is 6.54 Å². The average Bonchev–Trinajstić information content (AvgIpc) is 2.95. The molecule has 0 bridgehead atoms. The Bertz CT molecular complexity index is 505. The van der Waals surface area contributed by atoms with Crippen LogP contribution in [0.3, 0.4) is 0 Å². The summed E-state index contributed by atoms with van der Waals surface area (Å²) >= 11 is 0. The van der Waals surface area contributed by atoms with Gasteiger partial charge in [0.25, 0.3) is 0 Å². The molecular formula is C39H77N. The van der Waals surface area contributed by atoms with Gasteiger partial charge >= 0.3 is 0 Å². The highest BCUT2D eigenvalue weighted by atomic mass is 14.9. The first kappa shape index (κ1) is 39.3. The molecule has 0 radical (unpaired) electrons. The van der Waals surface area contributed by atoms with Gasteiger partial charge in [0.1, 0.15) is 0 Å². The van der Waals surface area contributed by atoms with Crippen LogP contribution in [0.5, 0.6) is 0 Å². The van der Waals surface area contributed by atoms with Gasteiger partial charge in [-0.2, -0.15) is 0 Å². The molecule has 0 aliphatic heterocycles. The Morgan fingerprint density at radius 3 is 1.30 bits per heavy atom. The molecule has 0 atom stereocenters. The second-order valence-corrected chi connectivity index (χ2v) is 13.2. The first-order valence-electron chi connectivity index (χ1n) is 18.7. The van der Waals surface area contributed by atoms with Crippen molar-refractivity contribution in [2.24, 2.45) is 5.92 Å². The predicted molar refractivity (Wildman–Crippen MR) is 185 cm³/mol. The van der Waals surface area contributed by atoms with Gasteiger partial charge < -0.3 is 5.32 Å². The monoisotopic (exact) mass is 560 g/mol. The molecule has 0 heterocycles. The zero-order chi connectivity index (χ0) is 29.4. The zero-order valence-electron chi connectivity index (χ0n) is 28.4. The van der Waals surface area contributed by atoms with Crippen molar-refractivity contribution in [2.45, 2.75) is 213 Å². The van der Waals surface area contributed by atoms with Crippen molar-refractivity contribution in [3.63, 3.8) is 0 Å². The van der Waals surface area contributed by atoms with Crippen LogP contribution in [0.15, 0.2) is 24.4 Å². The molecule has 1 nitrogen and oxygen atoms in total. The maximum absolute atomic E-state index is 4.53. The Labute approximate surface area is 255 Å². The SMILES string of the molecule is C=C(CCCCCCCNC(=C)CCCCCCCCCC)CC(CCCCCCCC)CCCCCCCC. The first-order chi connectivity index (χ1) is 19.6. The van der Waals surface area contributed by atoms with Gasteiger partial charge in [0, 0.05) is 12.2 Å². The third-order valence-electron chi connectivity index (χ3n) is 8.92. The average molecular weight is 560 g/mol. The normalized spacial score (nSPS) is 11.4. The zero-order valence-corrected chi connectivity index (χ0v) is 28.4. The number of rotatable bonds is 34. The fraction of sp³-hybridized carbons (Fsp3) is 0.897. The molecule has 0 saturated heterocycles. The van der Waals surface area contributed by atoms with Crippen molar-refractivity contribution in [1.29, 1.82) is 0 Å². The van der Waals surface area contributed by atoms with Gasteiger partial charge in [0.2, 0.25) is 0 Å². The molecule has 1 heteroatoms. The summed E-state index contributed by atoms with van der Waals surface area (Å²) in [6, 6.07) is 0. The van der Waals surface area contributed by atoms with Crippen LogP contribution < -0.4 is 5.32 Å². The third kappa shape index (κ3) is 30.2. The molecule has 0 aromatic rings. The maximum atomic E-state index is 4.53. The van der Waals surface area contributed by atoms with Crippen LogP contribution in [0.1, 0.15) is 213 Å². The Hall–Kier alpha value is -0.720. The minimum absolute atomic E-state index is 0.898. The van der Waals surface area contributed by atoms with Gasteiger partial charge in [-0.25, -0.2) is 0 Å². The van der Waals surface area contributed by atoms with Crippen molar-refractivity contribution < 1.29 is 0 Å². The van der Waals surface area contributed by atoms with E-state index in [1.165, 1.54) is 192 Å². The topological polar surface area (TPSA) is 12.0 Å². The molecule has 0 aliphatic rings. The molecule has 0 fully saturated rings. The van der Waals surface area contributed by atoms with Crippen LogP contribution in [-0.2, 0) is 0 Å². The Kier molecular flexibility index (Phi) is 32.2. The molecule has 0 aromatic carbocycles. The summed E-state index contributed by atoms with van der Waals surface area (Å²) in [5, 5.41) is 3.59. The second kappa shape index (κ2) is 32.8. The van der Waals surface area contributed by atoms with Gasteiger partial charge in [-0.05, 0) is 44.4 Å². The molecule has 238 valence electrons. The van der Waals surface area contributed by atoms with Crippen LogP contribution in [0, 0.1) is 5.92 Å². The summed E-state index contributed by atoms with van der Waals surface area (Å²) in [4.78, 5) is 0. The number of nitrogens with one attached hydrogen (secondary N) is 1. The Morgan fingerprint density at radius 2 is 0.825 bits per heavy atom. The fourth-order valence-corrected chi connectivity index (χ4v) is 6.14. The van der Waals surface area contributed by atoms with E-state index in [2.05, 4.69) is 39.2 Å². The molecular weight excluding hydrogens is 482 g/mol. The smallest absolute Gasteiger partial charge is 0.0143 e. The molecule has 0 aliphatic carbocycles. The summed E-state index contributed by atoms with van der Waals surface area (Å²) in [7, 11) is 0. The standard InChI is InChI=1S/C39H77N/c1-6-9-12-15-18-19-22-27-32-38(5)40-35-30-25-20-21-26-31-37(4)36-39(33-28-23-16-13-10-7-2)34-29-24-17-14-11-8-3/h39-40H,4-36H2,1-3H3. The van der Waals surface area contributed by atoms with E-state index in [4.69, 9.17) is 0 Å². The maximum Gasteiger partial charge on any atom is 0.0143 e. The Morgan fingerprint density at radius 1 is 0.450 bits per heavy atom. The Balaban J connectivity index is 3.82. The molecule has 0 unspecified atom stereocenters. The second-order valence-electron chi connectivity index (χ2n) is 13.2. The largest absolute Gasteiger partial charge is 0.389 e. The van der Waals surface area contributed by atoms with Crippen LogP contribution >= 0.6 is 0 Å². The summed E-state index contributed by atoms with van der Waals surface area (Å²) in [5.74, 6) is 0.898. The van der Waals surface area contributed by atoms with E-state index in [1.807, 2.05) is 0 Å². The summed E-state index contributed by atoms with van der Waals surface area (Å²) in [5.41, 5.74) is 2.81. The van der Waals surface area contributed by atoms with Crippen molar-refractivity contribution in [3.8, 4) is 0 Å². The summed E-state index contributed by atoms with van der Waals surface area (Å²) in [6.07, 6.45) is 41.6. The third-order valence-corrected chi connectivity index (χ3v) is 8.92. The van der Waals surface area contributed by atoms with Crippen LogP contribution in [0.2, 0.25) is 0 Å². The van der Waals surface area contributed by atoms with E-state index in [9.17, 15) is 0 Å². The van der Waals surface area contributed by atoms with Gasteiger partial charge in [-0.15, -0.1) is 0 Å². The lowest BCUT2D eigenvalue weighted by Crippen LogP contribution is -2.13. The number of hydrogen-bond donors (Lipinski definition) is 1. The van der Waals surface area contributed by atoms with Gasteiger partial charge in [0.05, 0.1) is 0 Å². The van der Waals surface area contributed by atoms with E-state index in [1.54, 1.807) is 5.57 Å². The minimum Gasteiger partial charge on any atom is -0.389 e.